The van der Waals surface area contributed by atoms with E-state index >= 15 is 0 Å². The SMILES string of the molecule is COCCNc1cc(C2CCN2Cc2ccc(OC)cc2)nc(C)n1. The van der Waals surface area contributed by atoms with Crippen LogP contribution >= 0.6 is 0 Å². The van der Waals surface area contributed by atoms with Gasteiger partial charge in [-0.15, -0.1) is 0 Å². The molecule has 1 aromatic carbocycles. The maximum Gasteiger partial charge on any atom is 0.130 e. The Morgan fingerprint density at radius 3 is 2.64 bits per heavy atom. The van der Waals surface area contributed by atoms with Crippen LogP contribution in [0.5, 0.6) is 5.75 Å². The Balaban J connectivity index is 1.66. The minimum Gasteiger partial charge on any atom is -0.497 e. The zero-order valence-electron chi connectivity index (χ0n) is 15.2. The van der Waals surface area contributed by atoms with E-state index in [1.165, 1.54) is 5.56 Å². The number of rotatable bonds is 8. The predicted molar refractivity (Wildman–Crippen MR) is 97.9 cm³/mol. The number of methoxy groups -OCH3 is 2. The van der Waals surface area contributed by atoms with E-state index in [0.29, 0.717) is 12.6 Å². The van der Waals surface area contributed by atoms with Crippen molar-refractivity contribution in [3.63, 3.8) is 0 Å². The van der Waals surface area contributed by atoms with Crippen LogP contribution in [0.25, 0.3) is 0 Å². The summed E-state index contributed by atoms with van der Waals surface area (Å²) in [5.41, 5.74) is 2.38. The lowest BCUT2D eigenvalue weighted by Gasteiger charge is -2.40. The van der Waals surface area contributed by atoms with Crippen LogP contribution in [0, 0.1) is 6.92 Å². The van der Waals surface area contributed by atoms with Crippen LogP contribution in [0.4, 0.5) is 5.82 Å². The predicted octanol–water partition coefficient (Wildman–Crippen LogP) is 2.80. The second-order valence-corrected chi connectivity index (χ2v) is 6.27. The Labute approximate surface area is 149 Å². The Morgan fingerprint density at radius 2 is 2.00 bits per heavy atom. The first-order chi connectivity index (χ1) is 12.2. The molecule has 1 N–H and O–H groups in total. The number of hydrogen-bond donors (Lipinski definition) is 1. The number of nitrogens with zero attached hydrogens (tertiary/aromatic N) is 3. The first kappa shape index (κ1) is 17.6. The van der Waals surface area contributed by atoms with Gasteiger partial charge in [-0.25, -0.2) is 9.97 Å². The van der Waals surface area contributed by atoms with Gasteiger partial charge in [0.25, 0.3) is 0 Å². The summed E-state index contributed by atoms with van der Waals surface area (Å²) in [5.74, 6) is 2.56. The van der Waals surface area contributed by atoms with Crippen LogP contribution in [0.2, 0.25) is 0 Å². The summed E-state index contributed by atoms with van der Waals surface area (Å²) >= 11 is 0. The zero-order chi connectivity index (χ0) is 17.6. The molecule has 0 aliphatic carbocycles. The smallest absolute Gasteiger partial charge is 0.130 e. The van der Waals surface area contributed by atoms with Gasteiger partial charge >= 0.3 is 0 Å². The summed E-state index contributed by atoms with van der Waals surface area (Å²) in [7, 11) is 3.39. The van der Waals surface area contributed by atoms with Crippen LogP contribution < -0.4 is 10.1 Å². The van der Waals surface area contributed by atoms with Crippen molar-refractivity contribution in [2.75, 3.05) is 39.2 Å². The molecule has 0 saturated carbocycles. The first-order valence-electron chi connectivity index (χ1n) is 8.65. The van der Waals surface area contributed by atoms with Gasteiger partial charge < -0.3 is 14.8 Å². The first-order valence-corrected chi connectivity index (χ1v) is 8.65. The van der Waals surface area contributed by atoms with Gasteiger partial charge in [-0.3, -0.25) is 4.90 Å². The quantitative estimate of drug-likeness (QED) is 0.745. The molecule has 134 valence electrons. The molecule has 0 amide bonds. The molecule has 2 heterocycles. The van der Waals surface area contributed by atoms with Crippen LogP contribution in [-0.4, -0.2) is 48.8 Å². The molecule has 0 radical (unpaired) electrons. The van der Waals surface area contributed by atoms with Gasteiger partial charge in [0.15, 0.2) is 0 Å². The van der Waals surface area contributed by atoms with Crippen LogP contribution in [-0.2, 0) is 11.3 Å². The topological polar surface area (TPSA) is 59.5 Å². The number of nitrogens with one attached hydrogen (secondary N) is 1. The number of aromatic nitrogens is 2. The Kier molecular flexibility index (Phi) is 5.83. The number of ether oxygens (including phenoxy) is 2. The van der Waals surface area contributed by atoms with Gasteiger partial charge in [-0.2, -0.15) is 0 Å². The molecule has 1 unspecified atom stereocenters. The normalized spacial score (nSPS) is 17.2. The molecule has 0 bridgehead atoms. The molecule has 1 saturated heterocycles. The fourth-order valence-corrected chi connectivity index (χ4v) is 3.06. The summed E-state index contributed by atoms with van der Waals surface area (Å²) in [6.07, 6.45) is 1.13. The number of hydrogen-bond acceptors (Lipinski definition) is 6. The van der Waals surface area contributed by atoms with Gasteiger partial charge in [0.1, 0.15) is 17.4 Å². The van der Waals surface area contributed by atoms with Gasteiger partial charge in [-0.1, -0.05) is 12.1 Å². The summed E-state index contributed by atoms with van der Waals surface area (Å²) in [4.78, 5) is 11.6. The Bertz CT molecular complexity index is 690. The van der Waals surface area contributed by atoms with Crippen molar-refractivity contribution >= 4 is 5.82 Å². The second kappa shape index (κ2) is 8.27. The third-order valence-electron chi connectivity index (χ3n) is 4.49. The van der Waals surface area contributed by atoms with Crippen LogP contribution in [0.1, 0.15) is 29.5 Å². The van der Waals surface area contributed by atoms with Crippen molar-refractivity contribution < 1.29 is 9.47 Å². The fourth-order valence-electron chi connectivity index (χ4n) is 3.06. The number of aryl methyl sites for hydroxylation is 1. The molecule has 2 aromatic rings. The van der Waals surface area contributed by atoms with Gasteiger partial charge in [-0.05, 0) is 31.0 Å². The van der Waals surface area contributed by atoms with Crippen molar-refractivity contribution in [1.29, 1.82) is 0 Å². The third-order valence-corrected chi connectivity index (χ3v) is 4.49. The van der Waals surface area contributed by atoms with E-state index in [4.69, 9.17) is 9.47 Å². The zero-order valence-corrected chi connectivity index (χ0v) is 15.2. The van der Waals surface area contributed by atoms with Gasteiger partial charge in [0, 0.05) is 32.8 Å². The lowest BCUT2D eigenvalue weighted by Crippen LogP contribution is -2.40. The van der Waals surface area contributed by atoms with E-state index in [9.17, 15) is 0 Å². The van der Waals surface area contributed by atoms with E-state index in [2.05, 4.69) is 38.4 Å². The molecule has 6 nitrogen and oxygen atoms in total. The van der Waals surface area contributed by atoms with E-state index < -0.39 is 0 Å². The van der Waals surface area contributed by atoms with E-state index in [-0.39, 0.29) is 0 Å². The van der Waals surface area contributed by atoms with Crippen molar-refractivity contribution in [3.05, 3.63) is 47.4 Å². The number of anilines is 1. The highest BCUT2D eigenvalue weighted by Crippen LogP contribution is 2.34. The Hall–Kier alpha value is -2.18. The van der Waals surface area contributed by atoms with Crippen LogP contribution in [0.3, 0.4) is 0 Å². The van der Waals surface area contributed by atoms with Gasteiger partial charge in [0.05, 0.1) is 25.5 Å². The van der Waals surface area contributed by atoms with Crippen LogP contribution in [0.15, 0.2) is 30.3 Å². The third kappa shape index (κ3) is 4.46. The summed E-state index contributed by atoms with van der Waals surface area (Å²) in [6.45, 7) is 5.35. The molecule has 3 rings (SSSR count). The standard InChI is InChI=1S/C19H26N4O2/c1-14-21-17(12-19(22-14)20-9-11-24-2)18-8-10-23(18)13-15-4-6-16(25-3)7-5-15/h4-7,12,18H,8-11,13H2,1-3H3,(H,20,21,22). The minimum absolute atomic E-state index is 0.353. The van der Waals surface area contributed by atoms with Crippen molar-refractivity contribution in [2.24, 2.45) is 0 Å². The van der Waals surface area contributed by atoms with Crippen molar-refractivity contribution in [1.82, 2.24) is 14.9 Å². The maximum absolute atomic E-state index is 5.23. The largest absolute Gasteiger partial charge is 0.497 e. The molecule has 6 heteroatoms. The number of benzene rings is 1. The monoisotopic (exact) mass is 342 g/mol. The highest BCUT2D eigenvalue weighted by Gasteiger charge is 2.30. The Morgan fingerprint density at radius 1 is 1.20 bits per heavy atom. The minimum atomic E-state index is 0.353. The number of likely N-dealkylation sites (tertiary alicyclic amines) is 1. The molecule has 25 heavy (non-hydrogen) atoms. The average molecular weight is 342 g/mol. The van der Waals surface area contributed by atoms with Crippen molar-refractivity contribution in [2.45, 2.75) is 25.9 Å². The summed E-state index contributed by atoms with van der Waals surface area (Å²) < 4.78 is 10.3. The second-order valence-electron chi connectivity index (χ2n) is 6.27. The molecule has 1 aliphatic rings. The maximum atomic E-state index is 5.23. The fraction of sp³-hybridized carbons (Fsp3) is 0.474. The highest BCUT2D eigenvalue weighted by atomic mass is 16.5. The highest BCUT2D eigenvalue weighted by molar-refractivity contribution is 5.37. The molecule has 1 fully saturated rings. The lowest BCUT2D eigenvalue weighted by molar-refractivity contribution is 0.0785. The summed E-state index contributed by atoms with van der Waals surface area (Å²) in [6, 6.07) is 10.7. The van der Waals surface area contributed by atoms with E-state index in [0.717, 1.165) is 49.1 Å². The lowest BCUT2D eigenvalue weighted by atomic mass is 9.98. The van der Waals surface area contributed by atoms with Crippen molar-refractivity contribution in [3.8, 4) is 5.75 Å². The molecule has 1 aromatic heterocycles. The molecule has 1 atom stereocenters. The average Bonchev–Trinajstić information content (AvgIpc) is 2.59. The van der Waals surface area contributed by atoms with E-state index in [1.54, 1.807) is 14.2 Å². The summed E-state index contributed by atoms with van der Waals surface area (Å²) in [5, 5.41) is 3.30. The van der Waals surface area contributed by atoms with Gasteiger partial charge in [0.2, 0.25) is 0 Å². The molecular weight excluding hydrogens is 316 g/mol. The van der Waals surface area contributed by atoms with E-state index in [1.807, 2.05) is 19.1 Å². The molecule has 1 aliphatic heterocycles. The molecular formula is C19H26N4O2. The molecule has 0 spiro atoms.